The number of nitrogens with two attached hydrogens (primary N) is 1. The number of aromatic nitrogens is 2. The number of halogens is 4. The molecule has 0 radical (unpaired) electrons. The maximum absolute atomic E-state index is 13.7. The molecule has 3 amide bonds. The maximum Gasteiger partial charge on any atom is 0.449 e. The van der Waals surface area contributed by atoms with Gasteiger partial charge in [-0.1, -0.05) is 30.3 Å². The Hall–Kier alpha value is -4.46. The summed E-state index contributed by atoms with van der Waals surface area (Å²) in [6.07, 6.45) is 2.68. The van der Waals surface area contributed by atoms with Crippen molar-refractivity contribution in [2.24, 2.45) is 17.6 Å². The highest BCUT2D eigenvalue weighted by atomic mass is 35.5. The van der Waals surface area contributed by atoms with Gasteiger partial charge >= 0.3 is 6.18 Å². The summed E-state index contributed by atoms with van der Waals surface area (Å²) in [5.41, 5.74) is 10.7. The number of amides is 3. The molecule has 2 saturated carbocycles. The number of carbonyl (C=O) groups excluding carboxylic acids is 3. The summed E-state index contributed by atoms with van der Waals surface area (Å²) in [6.45, 7) is 2.56. The fraction of sp³-hybridized carbons (Fsp3) is 0.463. The largest absolute Gasteiger partial charge is 0.449 e. The van der Waals surface area contributed by atoms with Gasteiger partial charge in [-0.25, -0.2) is 4.98 Å². The minimum atomic E-state index is -4.64. The molecule has 1 heterocycles. The van der Waals surface area contributed by atoms with Crippen LogP contribution in [0.25, 0.3) is 22.2 Å². The maximum atomic E-state index is 13.7. The average Bonchev–Trinajstić information content (AvgIpc) is 3.60. The Morgan fingerprint density at radius 3 is 2.24 bits per heavy atom. The molecule has 0 bridgehead atoms. The molecular formula is C41H51ClF3N7O3. The van der Waals surface area contributed by atoms with Crippen molar-refractivity contribution >= 4 is 46.8 Å². The van der Waals surface area contributed by atoms with Crippen LogP contribution < -0.4 is 21.7 Å². The monoisotopic (exact) mass is 781 g/mol. The molecule has 296 valence electrons. The zero-order valence-corrected chi connectivity index (χ0v) is 32.3. The number of hydrogen-bond donors (Lipinski definition) is 5. The standard InChI is InChI=1S/C41H50F3N7O3.ClH/c1-24-20-29(38(53)46-30-13-16-32(17-14-30)51(2)3)12-18-33(24)27-8-4-25(5-9-27)21-36(48-37(52)28-10-6-26(23-45)7-11-28)39(54)47-31-15-19-34-35(22-31)50-40(49-34)41(42,43)44;/h4-5,8-9,12,15,18-20,22,26,28,30,32,36H,6-7,10-11,13-14,16-17,21,23,45H2,1-3H3,(H,46,53)(H,47,54)(H,48,52)(H,49,50);1H/t26?,28?,30?,32?,36-;/m0./s1. The van der Waals surface area contributed by atoms with E-state index < -0.39 is 23.9 Å². The van der Waals surface area contributed by atoms with Crippen molar-refractivity contribution in [3.63, 3.8) is 0 Å². The first-order valence-electron chi connectivity index (χ1n) is 18.8. The Labute approximate surface area is 326 Å². The first kappa shape index (κ1) is 41.7. The van der Waals surface area contributed by atoms with E-state index in [1.807, 2.05) is 49.4 Å². The van der Waals surface area contributed by atoms with E-state index in [1.54, 1.807) is 0 Å². The van der Waals surface area contributed by atoms with E-state index in [0.29, 0.717) is 36.9 Å². The molecule has 4 aromatic rings. The van der Waals surface area contributed by atoms with Crippen LogP contribution in [0.2, 0.25) is 0 Å². The topological polar surface area (TPSA) is 145 Å². The zero-order chi connectivity index (χ0) is 38.6. The van der Waals surface area contributed by atoms with Gasteiger partial charge in [0.1, 0.15) is 6.04 Å². The molecule has 0 aliphatic heterocycles. The van der Waals surface area contributed by atoms with Crippen molar-refractivity contribution in [1.29, 1.82) is 0 Å². The molecule has 10 nitrogen and oxygen atoms in total. The smallest absolute Gasteiger partial charge is 0.349 e. The van der Waals surface area contributed by atoms with Crippen molar-refractivity contribution in [1.82, 2.24) is 25.5 Å². The minimum Gasteiger partial charge on any atom is -0.349 e. The molecular weight excluding hydrogens is 731 g/mol. The summed E-state index contributed by atoms with van der Waals surface area (Å²) >= 11 is 0. The van der Waals surface area contributed by atoms with E-state index in [-0.39, 0.29) is 59.3 Å². The third kappa shape index (κ3) is 10.4. The molecule has 0 spiro atoms. The molecule has 0 saturated heterocycles. The number of alkyl halides is 3. The molecule has 3 aromatic carbocycles. The second-order valence-corrected chi connectivity index (χ2v) is 15.2. The molecule has 55 heavy (non-hydrogen) atoms. The number of imidazole rings is 1. The first-order valence-corrected chi connectivity index (χ1v) is 18.8. The highest BCUT2D eigenvalue weighted by Crippen LogP contribution is 2.31. The summed E-state index contributed by atoms with van der Waals surface area (Å²) in [5.74, 6) is -1.74. The van der Waals surface area contributed by atoms with Crippen LogP contribution in [-0.4, -0.2) is 71.4 Å². The van der Waals surface area contributed by atoms with Crippen molar-refractivity contribution in [2.75, 3.05) is 26.0 Å². The molecule has 6 rings (SSSR count). The van der Waals surface area contributed by atoms with Crippen molar-refractivity contribution in [3.05, 3.63) is 83.2 Å². The van der Waals surface area contributed by atoms with Crippen LogP contribution in [0.1, 0.15) is 78.7 Å². The number of benzene rings is 3. The SMILES string of the molecule is Cc1cc(C(=O)NC2CCC(N(C)C)CC2)ccc1-c1ccc(C[C@H](NC(=O)C2CCC(CN)CC2)C(=O)Nc2ccc3nc(C(F)(F)F)[nH]c3c2)cc1.Cl. The van der Waals surface area contributed by atoms with Gasteiger partial charge in [0.15, 0.2) is 0 Å². The fourth-order valence-corrected chi connectivity index (χ4v) is 7.80. The van der Waals surface area contributed by atoms with Crippen molar-refractivity contribution in [3.8, 4) is 11.1 Å². The predicted molar refractivity (Wildman–Crippen MR) is 211 cm³/mol. The number of aromatic amines is 1. The van der Waals surface area contributed by atoms with Gasteiger partial charge in [0.25, 0.3) is 5.91 Å². The Balaban J connectivity index is 0.00000580. The molecule has 2 aliphatic rings. The number of fused-ring (bicyclic) bond motifs is 1. The Bertz CT molecular complexity index is 1950. The summed E-state index contributed by atoms with van der Waals surface area (Å²) in [4.78, 5) is 48.4. The first-order chi connectivity index (χ1) is 25.8. The molecule has 2 fully saturated rings. The fourth-order valence-electron chi connectivity index (χ4n) is 7.80. The number of nitrogens with zero attached hydrogens (tertiary/aromatic N) is 2. The molecule has 6 N–H and O–H groups in total. The van der Waals surface area contributed by atoms with E-state index in [4.69, 9.17) is 5.73 Å². The van der Waals surface area contributed by atoms with Crippen LogP contribution in [0.3, 0.4) is 0 Å². The second-order valence-electron chi connectivity index (χ2n) is 15.2. The van der Waals surface area contributed by atoms with Crippen LogP contribution >= 0.6 is 12.4 Å². The molecule has 14 heteroatoms. The van der Waals surface area contributed by atoms with Gasteiger partial charge in [-0.2, -0.15) is 13.2 Å². The minimum absolute atomic E-state index is 0. The van der Waals surface area contributed by atoms with Gasteiger partial charge in [-0.3, -0.25) is 14.4 Å². The Kier molecular flexibility index (Phi) is 13.6. The summed E-state index contributed by atoms with van der Waals surface area (Å²) in [7, 11) is 4.20. The summed E-state index contributed by atoms with van der Waals surface area (Å²) < 4.78 is 39.7. The highest BCUT2D eigenvalue weighted by Gasteiger charge is 2.35. The summed E-state index contributed by atoms with van der Waals surface area (Å²) in [5, 5.41) is 8.96. The molecule has 2 aliphatic carbocycles. The quantitative estimate of drug-likeness (QED) is 0.111. The third-order valence-electron chi connectivity index (χ3n) is 11.2. The van der Waals surface area contributed by atoms with Crippen LogP contribution in [-0.2, 0) is 22.2 Å². The lowest BCUT2D eigenvalue weighted by Gasteiger charge is -2.33. The van der Waals surface area contributed by atoms with Gasteiger partial charge in [-0.15, -0.1) is 12.4 Å². The Morgan fingerprint density at radius 1 is 0.927 bits per heavy atom. The number of nitrogens with one attached hydrogen (secondary N) is 4. The average molecular weight is 782 g/mol. The lowest BCUT2D eigenvalue weighted by atomic mass is 9.81. The number of aryl methyl sites for hydroxylation is 1. The normalized spacial score (nSPS) is 20.7. The van der Waals surface area contributed by atoms with E-state index in [0.717, 1.165) is 60.8 Å². The van der Waals surface area contributed by atoms with Crippen LogP contribution in [0.4, 0.5) is 18.9 Å². The van der Waals surface area contributed by atoms with Crippen LogP contribution in [0, 0.1) is 18.8 Å². The number of hydrogen-bond acceptors (Lipinski definition) is 6. The van der Waals surface area contributed by atoms with Gasteiger partial charge in [0, 0.05) is 35.7 Å². The van der Waals surface area contributed by atoms with Gasteiger partial charge in [0.05, 0.1) is 11.0 Å². The van der Waals surface area contributed by atoms with Gasteiger partial charge in [-0.05, 0) is 137 Å². The van der Waals surface area contributed by atoms with E-state index in [2.05, 4.69) is 44.9 Å². The third-order valence-corrected chi connectivity index (χ3v) is 11.2. The van der Waals surface area contributed by atoms with E-state index in [9.17, 15) is 27.6 Å². The van der Waals surface area contributed by atoms with E-state index in [1.165, 1.54) is 18.2 Å². The van der Waals surface area contributed by atoms with Crippen LogP contribution in [0.5, 0.6) is 0 Å². The predicted octanol–water partition coefficient (Wildman–Crippen LogP) is 7.01. The van der Waals surface area contributed by atoms with Crippen molar-refractivity contribution in [2.45, 2.75) is 89.0 Å². The van der Waals surface area contributed by atoms with Crippen LogP contribution in [0.15, 0.2) is 60.7 Å². The number of rotatable bonds is 11. The molecule has 1 atom stereocenters. The summed E-state index contributed by atoms with van der Waals surface area (Å²) in [6, 6.07) is 17.5. The lowest BCUT2D eigenvalue weighted by molar-refractivity contribution is -0.144. The highest BCUT2D eigenvalue weighted by molar-refractivity contribution is 5.99. The number of carbonyl (C=O) groups is 3. The number of anilines is 1. The van der Waals surface area contributed by atoms with Gasteiger partial charge in [0.2, 0.25) is 17.6 Å². The number of H-pyrrole nitrogens is 1. The Morgan fingerprint density at radius 2 is 1.62 bits per heavy atom. The van der Waals surface area contributed by atoms with Crippen molar-refractivity contribution < 1.29 is 27.6 Å². The lowest BCUT2D eigenvalue weighted by Crippen LogP contribution is -2.48. The van der Waals surface area contributed by atoms with E-state index >= 15 is 0 Å². The van der Waals surface area contributed by atoms with Gasteiger partial charge < -0.3 is 31.6 Å². The molecule has 0 unspecified atom stereocenters. The second kappa shape index (κ2) is 18.0. The molecule has 1 aromatic heterocycles. The zero-order valence-electron chi connectivity index (χ0n) is 31.5.